The molecule has 0 bridgehead atoms. The first-order chi connectivity index (χ1) is 11.6. The van der Waals surface area contributed by atoms with Crippen LogP contribution in [0.4, 0.5) is 10.5 Å². The van der Waals surface area contributed by atoms with Gasteiger partial charge in [0.1, 0.15) is 5.75 Å². The molecule has 8 heteroatoms. The highest BCUT2D eigenvalue weighted by molar-refractivity contribution is 6.18. The van der Waals surface area contributed by atoms with Crippen molar-refractivity contribution in [2.24, 2.45) is 0 Å². The highest BCUT2D eigenvalue weighted by Crippen LogP contribution is 2.24. The molecule has 1 atom stereocenters. The van der Waals surface area contributed by atoms with Crippen LogP contribution >= 0.6 is 23.2 Å². The normalized spacial score (nSPS) is 17.0. The van der Waals surface area contributed by atoms with Crippen molar-refractivity contribution >= 4 is 40.8 Å². The van der Waals surface area contributed by atoms with Gasteiger partial charge >= 0.3 is 6.03 Å². The van der Waals surface area contributed by atoms with E-state index in [9.17, 15) is 9.59 Å². The van der Waals surface area contributed by atoms with E-state index in [1.807, 2.05) is 12.1 Å². The molecule has 3 amide bonds. The van der Waals surface area contributed by atoms with Crippen LogP contribution in [-0.4, -0.2) is 61.4 Å². The number of carbonyl (C=O) groups is 2. The minimum atomic E-state index is -0.245. The molecule has 1 N–H and O–H groups in total. The molecule has 24 heavy (non-hydrogen) atoms. The smallest absolute Gasteiger partial charge is 0.317 e. The summed E-state index contributed by atoms with van der Waals surface area (Å²) in [5.74, 6) is 1.39. The van der Waals surface area contributed by atoms with Gasteiger partial charge in [0.25, 0.3) is 0 Å². The Balaban J connectivity index is 1.96. The number of methoxy groups -OCH3 is 1. The van der Waals surface area contributed by atoms with Crippen molar-refractivity contribution in [2.75, 3.05) is 43.4 Å². The SMILES string of the molecule is COc1ccc(N2C[C@@H](NC(=O)N(CCCl)CCCl)CC2=O)cc1. The standard InChI is InChI=1S/C16H21Cl2N3O3/c1-24-14-4-2-13(3-5-14)21-11-12(10-15(21)22)19-16(23)20(8-6-17)9-7-18/h2-5,12H,6-11H2,1H3,(H,19,23)/t12-/m0/s1. The number of carbonyl (C=O) groups excluding carboxylic acids is 2. The van der Waals surface area contributed by atoms with Crippen LogP contribution in [0.2, 0.25) is 0 Å². The Morgan fingerprint density at radius 3 is 2.46 bits per heavy atom. The zero-order valence-corrected chi connectivity index (χ0v) is 15.0. The number of amides is 3. The molecule has 0 aliphatic carbocycles. The molecule has 1 fully saturated rings. The van der Waals surface area contributed by atoms with E-state index in [1.165, 1.54) is 0 Å². The van der Waals surface area contributed by atoms with Crippen LogP contribution in [0.3, 0.4) is 0 Å². The second kappa shape index (κ2) is 8.99. The Kier molecular flexibility index (Phi) is 6.99. The van der Waals surface area contributed by atoms with Gasteiger partial charge in [0.15, 0.2) is 0 Å². The van der Waals surface area contributed by atoms with Gasteiger partial charge in [-0.3, -0.25) is 4.79 Å². The molecule has 1 aromatic carbocycles. The minimum Gasteiger partial charge on any atom is -0.497 e. The molecule has 1 aromatic rings. The van der Waals surface area contributed by atoms with E-state index in [2.05, 4.69) is 5.32 Å². The summed E-state index contributed by atoms with van der Waals surface area (Å²) < 4.78 is 5.12. The number of halogens is 2. The van der Waals surface area contributed by atoms with Crippen molar-refractivity contribution in [1.29, 1.82) is 0 Å². The fourth-order valence-electron chi connectivity index (χ4n) is 2.60. The first-order valence-electron chi connectivity index (χ1n) is 7.70. The zero-order chi connectivity index (χ0) is 17.5. The zero-order valence-electron chi connectivity index (χ0n) is 13.5. The van der Waals surface area contributed by atoms with E-state index < -0.39 is 0 Å². The number of nitrogens with one attached hydrogen (secondary N) is 1. The molecule has 2 rings (SSSR count). The summed E-state index contributed by atoms with van der Waals surface area (Å²) in [6, 6.07) is 6.78. The lowest BCUT2D eigenvalue weighted by Crippen LogP contribution is -2.47. The maximum Gasteiger partial charge on any atom is 0.317 e. The van der Waals surface area contributed by atoms with Crippen molar-refractivity contribution in [3.05, 3.63) is 24.3 Å². The monoisotopic (exact) mass is 373 g/mol. The molecule has 0 unspecified atom stereocenters. The number of benzene rings is 1. The molecule has 0 spiro atoms. The maximum atomic E-state index is 12.3. The number of alkyl halides is 2. The molecule has 0 aromatic heterocycles. The second-order valence-electron chi connectivity index (χ2n) is 5.42. The number of urea groups is 1. The van der Waals surface area contributed by atoms with Gasteiger partial charge in [0, 0.05) is 43.5 Å². The predicted octanol–water partition coefficient (Wildman–Crippen LogP) is 2.29. The number of ether oxygens (including phenoxy) is 1. The molecule has 132 valence electrons. The maximum absolute atomic E-state index is 12.3. The first-order valence-corrected chi connectivity index (χ1v) is 8.77. The Labute approximate surface area is 151 Å². The summed E-state index contributed by atoms with van der Waals surface area (Å²) in [4.78, 5) is 27.7. The molecule has 1 aliphatic rings. The van der Waals surface area contributed by atoms with Crippen LogP contribution in [0.25, 0.3) is 0 Å². The predicted molar refractivity (Wildman–Crippen MR) is 95.3 cm³/mol. The van der Waals surface area contributed by atoms with Crippen molar-refractivity contribution in [3.8, 4) is 5.75 Å². The van der Waals surface area contributed by atoms with Crippen LogP contribution in [0.1, 0.15) is 6.42 Å². The van der Waals surface area contributed by atoms with E-state index in [4.69, 9.17) is 27.9 Å². The molecule has 6 nitrogen and oxygen atoms in total. The number of nitrogens with zero attached hydrogens (tertiary/aromatic N) is 2. The summed E-state index contributed by atoms with van der Waals surface area (Å²) in [7, 11) is 1.59. The summed E-state index contributed by atoms with van der Waals surface area (Å²) in [5, 5.41) is 2.88. The summed E-state index contributed by atoms with van der Waals surface area (Å²) in [6.07, 6.45) is 0.271. The van der Waals surface area contributed by atoms with Gasteiger partial charge in [-0.05, 0) is 24.3 Å². The molecular formula is C16H21Cl2N3O3. The number of hydrogen-bond donors (Lipinski definition) is 1. The van der Waals surface area contributed by atoms with E-state index in [0.29, 0.717) is 31.4 Å². The topological polar surface area (TPSA) is 61.9 Å². The van der Waals surface area contributed by atoms with Gasteiger partial charge < -0.3 is 19.9 Å². The molecular weight excluding hydrogens is 353 g/mol. The third-order valence-corrected chi connectivity index (χ3v) is 4.17. The highest BCUT2D eigenvalue weighted by atomic mass is 35.5. The van der Waals surface area contributed by atoms with Gasteiger partial charge in [-0.25, -0.2) is 4.79 Å². The van der Waals surface area contributed by atoms with Gasteiger partial charge in [-0.1, -0.05) is 0 Å². The van der Waals surface area contributed by atoms with Gasteiger partial charge in [0.2, 0.25) is 5.91 Å². The highest BCUT2D eigenvalue weighted by Gasteiger charge is 2.32. The van der Waals surface area contributed by atoms with Crippen molar-refractivity contribution < 1.29 is 14.3 Å². The van der Waals surface area contributed by atoms with Crippen molar-refractivity contribution in [2.45, 2.75) is 12.5 Å². The number of rotatable bonds is 7. The van der Waals surface area contributed by atoms with E-state index in [1.54, 1.807) is 29.0 Å². The van der Waals surface area contributed by atoms with Crippen LogP contribution in [0, 0.1) is 0 Å². The summed E-state index contributed by atoms with van der Waals surface area (Å²) >= 11 is 11.4. The lowest BCUT2D eigenvalue weighted by atomic mass is 10.2. The fourth-order valence-corrected chi connectivity index (χ4v) is 3.01. The van der Waals surface area contributed by atoms with Crippen LogP contribution in [0.5, 0.6) is 5.75 Å². The fraction of sp³-hybridized carbons (Fsp3) is 0.500. The lowest BCUT2D eigenvalue weighted by molar-refractivity contribution is -0.117. The average molecular weight is 374 g/mol. The Bertz CT molecular complexity index is 562. The van der Waals surface area contributed by atoms with Crippen LogP contribution < -0.4 is 15.0 Å². The summed E-state index contributed by atoms with van der Waals surface area (Å²) in [5.41, 5.74) is 0.788. The number of anilines is 1. The summed E-state index contributed by atoms with van der Waals surface area (Å²) in [6.45, 7) is 1.28. The molecule has 1 saturated heterocycles. The van der Waals surface area contributed by atoms with Crippen molar-refractivity contribution in [3.63, 3.8) is 0 Å². The third kappa shape index (κ3) is 4.68. The Hall–Kier alpha value is -1.66. The van der Waals surface area contributed by atoms with Gasteiger partial charge in [-0.2, -0.15) is 0 Å². The van der Waals surface area contributed by atoms with E-state index in [0.717, 1.165) is 11.4 Å². The van der Waals surface area contributed by atoms with Crippen LogP contribution in [0.15, 0.2) is 24.3 Å². The lowest BCUT2D eigenvalue weighted by Gasteiger charge is -2.23. The largest absolute Gasteiger partial charge is 0.497 e. The molecule has 0 saturated carbocycles. The average Bonchev–Trinajstić information content (AvgIpc) is 2.95. The van der Waals surface area contributed by atoms with E-state index >= 15 is 0 Å². The van der Waals surface area contributed by atoms with Crippen molar-refractivity contribution in [1.82, 2.24) is 10.2 Å². The van der Waals surface area contributed by atoms with Gasteiger partial charge in [-0.15, -0.1) is 23.2 Å². The number of hydrogen-bond acceptors (Lipinski definition) is 3. The Morgan fingerprint density at radius 2 is 1.92 bits per heavy atom. The Morgan fingerprint density at radius 1 is 1.29 bits per heavy atom. The minimum absolute atomic E-state index is 0.0216. The molecule has 1 aliphatic heterocycles. The van der Waals surface area contributed by atoms with E-state index in [-0.39, 0.29) is 24.4 Å². The first kappa shape index (κ1) is 18.7. The molecule has 0 radical (unpaired) electrons. The molecule has 1 heterocycles. The quantitative estimate of drug-likeness (QED) is 0.745. The second-order valence-corrected chi connectivity index (χ2v) is 6.17. The van der Waals surface area contributed by atoms with Gasteiger partial charge in [0.05, 0.1) is 13.2 Å². The third-order valence-electron chi connectivity index (χ3n) is 3.83. The van der Waals surface area contributed by atoms with Crippen LogP contribution in [-0.2, 0) is 4.79 Å².